The van der Waals surface area contributed by atoms with Gasteiger partial charge in [0.2, 0.25) is 11.7 Å². The lowest BCUT2D eigenvalue weighted by molar-refractivity contribution is 0.391. The van der Waals surface area contributed by atoms with E-state index in [9.17, 15) is 4.39 Å². The molecule has 4 rings (SSSR count). The number of nitrogens with zero attached hydrogens (tertiary/aromatic N) is 4. The molecule has 4 aromatic rings. The molecular formula is C19H15FN4OS. The van der Waals surface area contributed by atoms with Gasteiger partial charge in [-0.15, -0.1) is 0 Å². The van der Waals surface area contributed by atoms with Crippen LogP contribution in [0, 0.1) is 19.7 Å². The van der Waals surface area contributed by atoms with Crippen LogP contribution in [0.3, 0.4) is 0 Å². The molecule has 0 unspecified atom stereocenters. The molecule has 0 atom stereocenters. The molecule has 26 heavy (non-hydrogen) atoms. The van der Waals surface area contributed by atoms with E-state index in [-0.39, 0.29) is 5.82 Å². The minimum Gasteiger partial charge on any atom is -0.338 e. The van der Waals surface area contributed by atoms with Crippen molar-refractivity contribution in [3.8, 4) is 11.4 Å². The molecule has 130 valence electrons. The number of benzene rings is 2. The zero-order valence-corrected chi connectivity index (χ0v) is 15.0. The van der Waals surface area contributed by atoms with Gasteiger partial charge in [0.1, 0.15) is 16.7 Å². The van der Waals surface area contributed by atoms with Gasteiger partial charge in [-0.3, -0.25) is 0 Å². The van der Waals surface area contributed by atoms with Crippen molar-refractivity contribution in [2.24, 2.45) is 0 Å². The van der Waals surface area contributed by atoms with Crippen molar-refractivity contribution in [3.05, 3.63) is 65.6 Å². The van der Waals surface area contributed by atoms with E-state index in [1.807, 2.05) is 31.2 Å². The maximum absolute atomic E-state index is 13.7. The Kier molecular flexibility index (Phi) is 4.38. The maximum atomic E-state index is 13.7. The van der Waals surface area contributed by atoms with Crippen LogP contribution in [0.25, 0.3) is 22.3 Å². The summed E-state index contributed by atoms with van der Waals surface area (Å²) >= 11 is 1.51. The van der Waals surface area contributed by atoms with Gasteiger partial charge in [-0.1, -0.05) is 47.3 Å². The van der Waals surface area contributed by atoms with Gasteiger partial charge in [-0.25, -0.2) is 14.4 Å². The Balaban J connectivity index is 1.56. The average molecular weight is 366 g/mol. The topological polar surface area (TPSA) is 64.7 Å². The smallest absolute Gasteiger partial charge is 0.237 e. The summed E-state index contributed by atoms with van der Waals surface area (Å²) in [7, 11) is 0. The van der Waals surface area contributed by atoms with Crippen LogP contribution in [0.4, 0.5) is 4.39 Å². The molecule has 2 aromatic carbocycles. The van der Waals surface area contributed by atoms with Crippen LogP contribution in [0.15, 0.2) is 52.0 Å². The summed E-state index contributed by atoms with van der Waals surface area (Å²) in [6.45, 7) is 3.58. The Morgan fingerprint density at radius 2 is 1.88 bits per heavy atom. The minimum absolute atomic E-state index is 0.286. The van der Waals surface area contributed by atoms with Gasteiger partial charge in [0.15, 0.2) is 0 Å². The summed E-state index contributed by atoms with van der Waals surface area (Å²) in [5.74, 6) is 1.75. The molecule has 0 radical (unpaired) electrons. The monoisotopic (exact) mass is 366 g/mol. The first-order valence-corrected chi connectivity index (χ1v) is 9.04. The van der Waals surface area contributed by atoms with E-state index < -0.39 is 0 Å². The normalized spacial score (nSPS) is 11.2. The van der Waals surface area contributed by atoms with Crippen LogP contribution in [0.2, 0.25) is 0 Å². The molecule has 0 saturated heterocycles. The largest absolute Gasteiger partial charge is 0.338 e. The van der Waals surface area contributed by atoms with Crippen molar-refractivity contribution in [2.45, 2.75) is 24.6 Å². The summed E-state index contributed by atoms with van der Waals surface area (Å²) in [5, 5.41) is 5.81. The number of hydrogen-bond acceptors (Lipinski definition) is 6. The summed E-state index contributed by atoms with van der Waals surface area (Å²) < 4.78 is 19.0. The molecule has 0 aliphatic carbocycles. The van der Waals surface area contributed by atoms with E-state index in [1.54, 1.807) is 19.1 Å². The molecule has 0 saturated carbocycles. The van der Waals surface area contributed by atoms with Gasteiger partial charge in [0.25, 0.3) is 0 Å². The lowest BCUT2D eigenvalue weighted by atomic mass is 10.1. The van der Waals surface area contributed by atoms with Gasteiger partial charge in [-0.05, 0) is 31.5 Å². The number of halogens is 1. The highest BCUT2D eigenvalue weighted by molar-refractivity contribution is 7.98. The fraction of sp³-hybridized carbons (Fsp3) is 0.158. The average Bonchev–Trinajstić information content (AvgIpc) is 3.11. The zero-order valence-electron chi connectivity index (χ0n) is 14.2. The number of aryl methyl sites for hydroxylation is 2. The van der Waals surface area contributed by atoms with Gasteiger partial charge in [0.05, 0.1) is 11.3 Å². The lowest BCUT2D eigenvalue weighted by Gasteiger charge is -2.04. The fourth-order valence-corrected chi connectivity index (χ4v) is 3.46. The molecule has 2 aromatic heterocycles. The van der Waals surface area contributed by atoms with Crippen LogP contribution in [0.1, 0.15) is 17.3 Å². The fourth-order valence-electron chi connectivity index (χ4n) is 2.56. The maximum Gasteiger partial charge on any atom is 0.237 e. The number of para-hydroxylation sites is 1. The molecule has 0 aliphatic rings. The second kappa shape index (κ2) is 6.84. The van der Waals surface area contributed by atoms with Gasteiger partial charge in [-0.2, -0.15) is 4.98 Å². The molecule has 5 nitrogen and oxygen atoms in total. The summed E-state index contributed by atoms with van der Waals surface area (Å²) in [6.07, 6.45) is 0. The van der Waals surface area contributed by atoms with Crippen LogP contribution in [0.5, 0.6) is 0 Å². The molecule has 2 heterocycles. The third-order valence-corrected chi connectivity index (χ3v) is 4.89. The highest BCUT2D eigenvalue weighted by Gasteiger charge is 2.12. The molecule has 0 aliphatic heterocycles. The van der Waals surface area contributed by atoms with Crippen molar-refractivity contribution in [3.63, 3.8) is 0 Å². The Hall–Kier alpha value is -2.80. The Bertz CT molecular complexity index is 1100. The molecule has 0 amide bonds. The van der Waals surface area contributed by atoms with E-state index in [1.165, 1.54) is 17.8 Å². The van der Waals surface area contributed by atoms with E-state index >= 15 is 0 Å². The van der Waals surface area contributed by atoms with Crippen molar-refractivity contribution < 1.29 is 8.91 Å². The number of aromatic nitrogens is 4. The zero-order chi connectivity index (χ0) is 18.1. The van der Waals surface area contributed by atoms with Crippen molar-refractivity contribution in [1.29, 1.82) is 0 Å². The number of rotatable bonds is 4. The highest BCUT2D eigenvalue weighted by atomic mass is 32.2. The highest BCUT2D eigenvalue weighted by Crippen LogP contribution is 2.28. The predicted octanol–water partition coefficient (Wildman–Crippen LogP) is 4.73. The van der Waals surface area contributed by atoms with Gasteiger partial charge >= 0.3 is 0 Å². The van der Waals surface area contributed by atoms with Crippen molar-refractivity contribution >= 4 is 22.7 Å². The minimum atomic E-state index is -0.286. The SMILES string of the molecule is Cc1nc(SCc2nc(-c3ccc(C)c(F)c3)no2)c2ccccc2n1. The molecule has 0 bridgehead atoms. The van der Waals surface area contributed by atoms with E-state index in [0.29, 0.717) is 34.4 Å². The second-order valence-corrected chi connectivity index (χ2v) is 6.82. The number of fused-ring (bicyclic) bond motifs is 1. The standard InChI is InChI=1S/C19H15FN4OS/c1-11-7-8-13(9-15(11)20)18-23-17(25-24-18)10-26-19-14-5-3-4-6-16(14)21-12(2)22-19/h3-9H,10H2,1-2H3. The summed E-state index contributed by atoms with van der Waals surface area (Å²) in [6, 6.07) is 12.8. The molecule has 0 spiro atoms. The number of hydrogen-bond donors (Lipinski definition) is 0. The molecule has 7 heteroatoms. The summed E-state index contributed by atoms with van der Waals surface area (Å²) in [5.41, 5.74) is 2.08. The first kappa shape index (κ1) is 16.7. The Labute approximate surface area is 153 Å². The first-order chi connectivity index (χ1) is 12.6. The first-order valence-electron chi connectivity index (χ1n) is 8.05. The molecule has 0 N–H and O–H groups in total. The van der Waals surface area contributed by atoms with Gasteiger partial charge in [0, 0.05) is 10.9 Å². The Morgan fingerprint density at radius 3 is 2.73 bits per heavy atom. The van der Waals surface area contributed by atoms with Gasteiger partial charge < -0.3 is 4.52 Å². The quantitative estimate of drug-likeness (QED) is 0.384. The van der Waals surface area contributed by atoms with Crippen molar-refractivity contribution in [2.75, 3.05) is 0 Å². The van der Waals surface area contributed by atoms with E-state index in [2.05, 4.69) is 20.1 Å². The third-order valence-electron chi connectivity index (χ3n) is 3.91. The number of thioether (sulfide) groups is 1. The van der Waals surface area contributed by atoms with Crippen LogP contribution in [-0.4, -0.2) is 20.1 Å². The second-order valence-electron chi connectivity index (χ2n) is 5.86. The third kappa shape index (κ3) is 3.30. The van der Waals surface area contributed by atoms with E-state index in [4.69, 9.17) is 4.52 Å². The molecule has 0 fully saturated rings. The summed E-state index contributed by atoms with van der Waals surface area (Å²) in [4.78, 5) is 13.3. The van der Waals surface area contributed by atoms with Crippen LogP contribution < -0.4 is 0 Å². The molecular weight excluding hydrogens is 351 g/mol. The van der Waals surface area contributed by atoms with Crippen LogP contribution >= 0.6 is 11.8 Å². The predicted molar refractivity (Wildman–Crippen MR) is 98.3 cm³/mol. The lowest BCUT2D eigenvalue weighted by Crippen LogP contribution is -1.93. The van der Waals surface area contributed by atoms with Crippen molar-refractivity contribution in [1.82, 2.24) is 20.1 Å². The Morgan fingerprint density at radius 1 is 1.04 bits per heavy atom. The van der Waals surface area contributed by atoms with E-state index in [0.717, 1.165) is 15.9 Å². The van der Waals surface area contributed by atoms with Crippen LogP contribution in [-0.2, 0) is 5.75 Å².